The summed E-state index contributed by atoms with van der Waals surface area (Å²) in [7, 11) is 0. The second-order valence-electron chi connectivity index (χ2n) is 9.80. The lowest BCUT2D eigenvalue weighted by atomic mass is 9.94. The number of esters is 1. The Labute approximate surface area is 277 Å². The van der Waals surface area contributed by atoms with Crippen molar-refractivity contribution in [2.75, 3.05) is 6.61 Å². The molecule has 1 aliphatic rings. The average Bonchev–Trinajstić information content (AvgIpc) is 3.26. The van der Waals surface area contributed by atoms with Crippen LogP contribution < -0.4 is 19.6 Å². The van der Waals surface area contributed by atoms with E-state index in [9.17, 15) is 19.7 Å². The number of allylic oxidation sites excluding steroid dienone is 1. The summed E-state index contributed by atoms with van der Waals surface area (Å²) < 4.78 is 14.4. The zero-order valence-corrected chi connectivity index (χ0v) is 28.3. The lowest BCUT2D eigenvalue weighted by molar-refractivity contribution is -0.385. The van der Waals surface area contributed by atoms with Gasteiger partial charge < -0.3 is 9.47 Å². The maximum absolute atomic E-state index is 14.0. The first-order valence-electron chi connectivity index (χ1n) is 13.3. The number of carbonyl (C=O) groups excluding carboxylic acids is 1. The van der Waals surface area contributed by atoms with E-state index in [1.54, 1.807) is 45.0 Å². The van der Waals surface area contributed by atoms with Gasteiger partial charge in [-0.05, 0) is 88.0 Å². The van der Waals surface area contributed by atoms with Crippen LogP contribution in [0.5, 0.6) is 5.75 Å². The quantitative estimate of drug-likeness (QED) is 0.111. The van der Waals surface area contributed by atoms with Gasteiger partial charge in [-0.1, -0.05) is 53.3 Å². The van der Waals surface area contributed by atoms with Gasteiger partial charge in [0.15, 0.2) is 4.80 Å². The van der Waals surface area contributed by atoms with E-state index in [4.69, 9.17) is 21.1 Å². The summed E-state index contributed by atoms with van der Waals surface area (Å²) in [6.45, 7) is 5.34. The third kappa shape index (κ3) is 6.30. The van der Waals surface area contributed by atoms with Gasteiger partial charge in [0.2, 0.25) is 0 Å². The van der Waals surface area contributed by atoms with Crippen molar-refractivity contribution in [3.05, 3.63) is 132 Å². The number of thiazole rings is 1. The number of hydrogen-bond acceptors (Lipinski definition) is 8. The van der Waals surface area contributed by atoms with Crippen LogP contribution in [-0.4, -0.2) is 22.1 Å². The monoisotopic (exact) mass is 759 g/mol. The van der Waals surface area contributed by atoms with Crippen molar-refractivity contribution in [3.8, 4) is 5.75 Å². The van der Waals surface area contributed by atoms with Crippen molar-refractivity contribution in [3.63, 3.8) is 0 Å². The minimum atomic E-state index is -0.967. The minimum Gasteiger partial charge on any atom is -0.486 e. The van der Waals surface area contributed by atoms with E-state index in [0.29, 0.717) is 51.4 Å². The summed E-state index contributed by atoms with van der Waals surface area (Å²) in [5.74, 6) is -0.0734. The Balaban J connectivity index is 1.60. The molecule has 0 unspecified atom stereocenters. The molecule has 0 N–H and O–H groups in total. The normalized spacial score (nSPS) is 14.7. The lowest BCUT2D eigenvalue weighted by Crippen LogP contribution is -2.40. The highest BCUT2D eigenvalue weighted by Gasteiger charge is 2.34. The third-order valence-corrected chi connectivity index (χ3v) is 9.44. The average molecular weight is 762 g/mol. The van der Waals surface area contributed by atoms with Crippen LogP contribution in [0.25, 0.3) is 6.08 Å². The van der Waals surface area contributed by atoms with Crippen LogP contribution in [0.4, 0.5) is 5.69 Å². The van der Waals surface area contributed by atoms with Crippen LogP contribution >= 0.6 is 54.8 Å². The van der Waals surface area contributed by atoms with E-state index >= 15 is 0 Å². The molecule has 1 aliphatic heterocycles. The molecule has 0 radical (unpaired) electrons. The first-order valence-corrected chi connectivity index (χ1v) is 16.1. The van der Waals surface area contributed by atoms with Crippen LogP contribution in [-0.2, 0) is 16.1 Å². The third-order valence-electron chi connectivity index (χ3n) is 6.91. The molecule has 9 nitrogen and oxygen atoms in total. The Hall–Kier alpha value is -3.58. The van der Waals surface area contributed by atoms with Gasteiger partial charge in [0.1, 0.15) is 12.4 Å². The number of rotatable bonds is 8. The second-order valence-corrected chi connectivity index (χ2v) is 12.9. The number of aryl methyl sites for hydroxylation is 1. The summed E-state index contributed by atoms with van der Waals surface area (Å²) in [5, 5.41) is 12.4. The molecule has 44 heavy (non-hydrogen) atoms. The summed E-state index contributed by atoms with van der Waals surface area (Å²) in [6.07, 6.45) is 1.72. The molecule has 5 rings (SSSR count). The molecule has 226 valence electrons. The highest BCUT2D eigenvalue weighted by Crippen LogP contribution is 2.36. The molecule has 4 aromatic rings. The molecule has 0 bridgehead atoms. The Morgan fingerprint density at radius 1 is 1.16 bits per heavy atom. The van der Waals surface area contributed by atoms with Gasteiger partial charge in [-0.2, -0.15) is 0 Å². The van der Waals surface area contributed by atoms with E-state index in [2.05, 4.69) is 36.9 Å². The Bertz CT molecular complexity index is 2020. The zero-order chi connectivity index (χ0) is 31.7. The predicted octanol–water partition coefficient (Wildman–Crippen LogP) is 6.77. The van der Waals surface area contributed by atoms with E-state index < -0.39 is 22.5 Å². The molecule has 1 atom stereocenters. The van der Waals surface area contributed by atoms with Crippen molar-refractivity contribution < 1.29 is 19.2 Å². The molecule has 3 aromatic carbocycles. The largest absolute Gasteiger partial charge is 0.486 e. The van der Waals surface area contributed by atoms with Crippen LogP contribution in [0.2, 0.25) is 5.02 Å². The maximum atomic E-state index is 14.0. The summed E-state index contributed by atoms with van der Waals surface area (Å²) in [6, 6.07) is 14.8. The van der Waals surface area contributed by atoms with Gasteiger partial charge in [0.25, 0.3) is 11.2 Å². The molecule has 0 fully saturated rings. The number of carbonyl (C=O) groups is 1. The van der Waals surface area contributed by atoms with Gasteiger partial charge >= 0.3 is 5.97 Å². The number of fused-ring (bicyclic) bond motifs is 1. The summed E-state index contributed by atoms with van der Waals surface area (Å²) in [4.78, 5) is 43.3. The smallest absolute Gasteiger partial charge is 0.338 e. The molecule has 1 aromatic heterocycles. The van der Waals surface area contributed by atoms with E-state index in [1.165, 1.54) is 10.6 Å². The summed E-state index contributed by atoms with van der Waals surface area (Å²) >= 11 is 14.6. The lowest BCUT2D eigenvalue weighted by Gasteiger charge is -2.24. The van der Waals surface area contributed by atoms with Gasteiger partial charge in [0.05, 0.1) is 42.3 Å². The van der Waals surface area contributed by atoms with Crippen LogP contribution in [0.1, 0.15) is 42.1 Å². The van der Waals surface area contributed by atoms with Crippen LogP contribution in [0, 0.1) is 17.0 Å². The van der Waals surface area contributed by atoms with Crippen molar-refractivity contribution >= 4 is 72.5 Å². The van der Waals surface area contributed by atoms with Gasteiger partial charge in [-0.25, -0.2) is 9.79 Å². The number of hydrogen-bond donors (Lipinski definition) is 0. The highest BCUT2D eigenvalue weighted by atomic mass is 79.9. The fourth-order valence-electron chi connectivity index (χ4n) is 4.82. The first kappa shape index (κ1) is 31.8. The number of halogens is 3. The Morgan fingerprint density at radius 2 is 1.86 bits per heavy atom. The molecule has 0 aliphatic carbocycles. The Kier molecular flexibility index (Phi) is 9.54. The number of ether oxygens (including phenoxy) is 2. The second kappa shape index (κ2) is 13.2. The van der Waals surface area contributed by atoms with Crippen molar-refractivity contribution in [2.45, 2.75) is 33.4 Å². The van der Waals surface area contributed by atoms with Crippen LogP contribution in [0.15, 0.2) is 84.6 Å². The van der Waals surface area contributed by atoms with Crippen LogP contribution in [0.3, 0.4) is 0 Å². The van der Waals surface area contributed by atoms with Crippen molar-refractivity contribution in [1.82, 2.24) is 4.57 Å². The number of benzene rings is 3. The zero-order valence-electron chi connectivity index (χ0n) is 23.6. The van der Waals surface area contributed by atoms with E-state index in [1.807, 2.05) is 30.3 Å². The first-order chi connectivity index (χ1) is 21.0. The standard InChI is InChI=1S/C31H24Br2ClN3O6S/c1-4-42-30(39)26-17(3)35-31-36(27(26)19-10-9-16(2)24(14-19)37(40)41)29(38)25(44-31)13-18-11-21(32)28(22(33)12-18)43-15-20-7-5-6-8-23(20)34/h5-14,27H,4,15H2,1-3H3/b25-13+/t27-/m1/s1. The molecular formula is C31H24Br2ClN3O6S. The number of nitrogens with zero attached hydrogens (tertiary/aromatic N) is 3. The molecule has 2 heterocycles. The highest BCUT2D eigenvalue weighted by molar-refractivity contribution is 9.11. The van der Waals surface area contributed by atoms with Gasteiger partial charge in [0, 0.05) is 22.2 Å². The predicted molar refractivity (Wildman–Crippen MR) is 176 cm³/mol. The summed E-state index contributed by atoms with van der Waals surface area (Å²) in [5.41, 5.74) is 2.39. The number of nitro benzene ring substituents is 1. The maximum Gasteiger partial charge on any atom is 0.338 e. The molecule has 0 spiro atoms. The van der Waals surface area contributed by atoms with Crippen molar-refractivity contribution in [1.29, 1.82) is 0 Å². The van der Waals surface area contributed by atoms with Crippen molar-refractivity contribution in [2.24, 2.45) is 4.99 Å². The minimum absolute atomic E-state index is 0.114. The fourth-order valence-corrected chi connectivity index (χ4v) is 7.51. The van der Waals surface area contributed by atoms with Gasteiger partial charge in [-0.3, -0.25) is 19.5 Å². The molecule has 0 saturated heterocycles. The number of aromatic nitrogens is 1. The topological polar surface area (TPSA) is 113 Å². The van der Waals surface area contributed by atoms with Gasteiger partial charge in [-0.15, -0.1) is 0 Å². The van der Waals surface area contributed by atoms with E-state index in [0.717, 1.165) is 16.9 Å². The molecule has 0 saturated carbocycles. The fraction of sp³-hybridized carbons (Fsp3) is 0.194. The SMILES string of the molecule is CCOC(=O)C1=C(C)N=c2s/c(=C/c3cc(Br)c(OCc4ccccc4Cl)c(Br)c3)c(=O)n2[C@@H]1c1ccc(C)c([N+](=O)[O-])c1. The molecule has 0 amide bonds. The van der Waals surface area contributed by atoms with E-state index in [-0.39, 0.29) is 24.5 Å². The molecular weight excluding hydrogens is 738 g/mol. The number of nitro groups is 1. The molecule has 13 heteroatoms. The Morgan fingerprint density at radius 3 is 2.52 bits per heavy atom.